The molecule has 0 aromatic heterocycles. The number of benzene rings is 1. The minimum Gasteiger partial charge on any atom is -0.461 e. The van der Waals surface area contributed by atoms with Crippen LogP contribution in [0, 0.1) is 0 Å². The number of carbonyl (C=O) groups is 1. The van der Waals surface area contributed by atoms with Gasteiger partial charge in [-0.2, -0.15) is 5.10 Å². The van der Waals surface area contributed by atoms with Crippen LogP contribution in [0.25, 0.3) is 0 Å². The predicted molar refractivity (Wildman–Crippen MR) is 81.8 cm³/mol. The third-order valence-electron chi connectivity index (χ3n) is 2.93. The lowest BCUT2D eigenvalue weighted by atomic mass is 10.2. The molecule has 112 valence electrons. The molecule has 2 rings (SSSR count). The molecule has 0 unspecified atom stereocenters. The van der Waals surface area contributed by atoms with Crippen molar-refractivity contribution < 1.29 is 9.53 Å². The molecule has 0 radical (unpaired) electrons. The smallest absolute Gasteiger partial charge is 0.354 e. The van der Waals surface area contributed by atoms with E-state index in [0.29, 0.717) is 25.3 Å². The van der Waals surface area contributed by atoms with E-state index in [0.717, 1.165) is 17.7 Å². The van der Waals surface area contributed by atoms with Crippen molar-refractivity contribution in [1.82, 2.24) is 5.01 Å². The molecule has 0 saturated carbocycles. The number of nitrogens with two attached hydrogens (primary N) is 1. The first kappa shape index (κ1) is 15.0. The number of ether oxygens (including phenoxy) is 1. The maximum absolute atomic E-state index is 11.4. The summed E-state index contributed by atoms with van der Waals surface area (Å²) >= 11 is 0. The average Bonchev–Trinajstić information content (AvgIpc) is 2.48. The Kier molecular flexibility index (Phi) is 5.28. The van der Waals surface area contributed by atoms with Gasteiger partial charge in [0.15, 0.2) is 0 Å². The molecule has 0 aliphatic carbocycles. The molecule has 0 spiro atoms. The van der Waals surface area contributed by atoms with Gasteiger partial charge in [-0.25, -0.2) is 10.6 Å². The fourth-order valence-corrected chi connectivity index (χ4v) is 1.91. The van der Waals surface area contributed by atoms with Crippen LogP contribution in [0.1, 0.15) is 18.4 Å². The van der Waals surface area contributed by atoms with Gasteiger partial charge in [0.25, 0.3) is 0 Å². The number of nitrogens with one attached hydrogen (secondary N) is 1. The second kappa shape index (κ2) is 7.39. The summed E-state index contributed by atoms with van der Waals surface area (Å²) in [6.45, 7) is 1.04. The number of esters is 1. The minimum atomic E-state index is -0.344. The largest absolute Gasteiger partial charge is 0.461 e. The molecule has 1 aromatic carbocycles. The molecule has 1 heterocycles. The van der Waals surface area contributed by atoms with Gasteiger partial charge < -0.3 is 4.74 Å². The molecule has 1 aromatic rings. The van der Waals surface area contributed by atoms with Crippen LogP contribution in [-0.4, -0.2) is 36.7 Å². The highest BCUT2D eigenvalue weighted by atomic mass is 16.5. The number of aliphatic imine (C=N–C) groups is 1. The summed E-state index contributed by atoms with van der Waals surface area (Å²) in [7, 11) is 1.67. The summed E-state index contributed by atoms with van der Waals surface area (Å²) in [6.07, 6.45) is 3.02. The number of carbonyl (C=O) groups excluding carboxylic acids is 1. The van der Waals surface area contributed by atoms with Crippen LogP contribution in [0.4, 0.5) is 5.69 Å². The molecule has 1 aliphatic heterocycles. The van der Waals surface area contributed by atoms with E-state index in [1.54, 1.807) is 13.4 Å². The lowest BCUT2D eigenvalue weighted by molar-refractivity contribution is -0.137. The summed E-state index contributed by atoms with van der Waals surface area (Å²) in [4.78, 5) is 15.3. The maximum Gasteiger partial charge on any atom is 0.354 e. The molecular formula is C14H19N5O2. The Labute approximate surface area is 123 Å². The number of cyclic esters (lactones) is 1. The van der Waals surface area contributed by atoms with Gasteiger partial charge in [-0.1, -0.05) is 12.1 Å². The first-order valence-corrected chi connectivity index (χ1v) is 6.71. The number of hydrazine groups is 1. The van der Waals surface area contributed by atoms with Crippen molar-refractivity contribution in [3.63, 3.8) is 0 Å². The normalized spacial score (nSPS) is 17.0. The Morgan fingerprint density at radius 3 is 2.86 bits per heavy atom. The van der Waals surface area contributed by atoms with E-state index in [1.165, 1.54) is 5.01 Å². The molecule has 7 heteroatoms. The van der Waals surface area contributed by atoms with Crippen molar-refractivity contribution in [3.05, 3.63) is 29.8 Å². The highest BCUT2D eigenvalue weighted by molar-refractivity contribution is 6.36. The number of hydrazone groups is 1. The Morgan fingerprint density at radius 1 is 1.43 bits per heavy atom. The van der Waals surface area contributed by atoms with Crippen LogP contribution in [0.15, 0.2) is 34.4 Å². The summed E-state index contributed by atoms with van der Waals surface area (Å²) in [5.41, 5.74) is 5.15. The van der Waals surface area contributed by atoms with Gasteiger partial charge in [-0.3, -0.25) is 15.4 Å². The van der Waals surface area contributed by atoms with Crippen LogP contribution in [-0.2, 0) is 16.1 Å². The second-order valence-electron chi connectivity index (χ2n) is 4.65. The fourth-order valence-electron chi connectivity index (χ4n) is 1.91. The molecule has 1 saturated heterocycles. The van der Waals surface area contributed by atoms with Crippen LogP contribution in [0.3, 0.4) is 0 Å². The lowest BCUT2D eigenvalue weighted by Gasteiger charge is -2.14. The van der Waals surface area contributed by atoms with Crippen molar-refractivity contribution in [3.8, 4) is 0 Å². The quantitative estimate of drug-likeness (QED) is 0.279. The molecular weight excluding hydrogens is 270 g/mol. The Hall–Kier alpha value is -2.41. The van der Waals surface area contributed by atoms with Crippen LogP contribution in [0.5, 0.6) is 0 Å². The van der Waals surface area contributed by atoms with E-state index < -0.39 is 0 Å². The maximum atomic E-state index is 11.4. The van der Waals surface area contributed by atoms with Crippen molar-refractivity contribution >= 4 is 23.7 Å². The van der Waals surface area contributed by atoms with Gasteiger partial charge in [0.1, 0.15) is 5.71 Å². The zero-order chi connectivity index (χ0) is 15.1. The molecule has 0 bridgehead atoms. The third kappa shape index (κ3) is 4.57. The number of hydrogen-bond donors (Lipinski definition) is 2. The molecule has 0 amide bonds. The standard InChI is InChI=1S/C14H19N5O2/c1-16-10-19(15)9-11-4-6-12(7-5-11)17-18-13-3-2-8-21-14(13)20/h4-7,10,17H,2-3,8-9,15H2,1H3/b16-10?,18-13+. The van der Waals surface area contributed by atoms with Crippen LogP contribution >= 0.6 is 0 Å². The monoisotopic (exact) mass is 289 g/mol. The lowest BCUT2D eigenvalue weighted by Crippen LogP contribution is -2.28. The van der Waals surface area contributed by atoms with Gasteiger partial charge in [0.2, 0.25) is 0 Å². The molecule has 7 nitrogen and oxygen atoms in total. The first-order chi connectivity index (χ1) is 10.2. The van der Waals surface area contributed by atoms with Gasteiger partial charge in [0.05, 0.1) is 25.2 Å². The van der Waals surface area contributed by atoms with E-state index >= 15 is 0 Å². The topological polar surface area (TPSA) is 92.3 Å². The van der Waals surface area contributed by atoms with Gasteiger partial charge in [-0.05, 0) is 24.1 Å². The number of hydrogen-bond acceptors (Lipinski definition) is 6. The summed E-state index contributed by atoms with van der Waals surface area (Å²) in [5.74, 6) is 5.38. The number of nitrogens with zero attached hydrogens (tertiary/aromatic N) is 3. The van der Waals surface area contributed by atoms with Crippen LogP contribution < -0.4 is 11.3 Å². The minimum absolute atomic E-state index is 0.344. The molecule has 0 atom stereocenters. The van der Waals surface area contributed by atoms with E-state index in [-0.39, 0.29) is 5.97 Å². The highest BCUT2D eigenvalue weighted by Crippen LogP contribution is 2.11. The van der Waals surface area contributed by atoms with E-state index in [9.17, 15) is 4.79 Å². The summed E-state index contributed by atoms with van der Waals surface area (Å²) in [6, 6.07) is 7.63. The SMILES string of the molecule is CN=CN(N)Cc1ccc(N/N=C2\CCCOC2=O)cc1. The highest BCUT2D eigenvalue weighted by Gasteiger charge is 2.17. The zero-order valence-corrected chi connectivity index (χ0v) is 12.0. The van der Waals surface area contributed by atoms with E-state index in [4.69, 9.17) is 10.6 Å². The van der Waals surface area contributed by atoms with E-state index in [2.05, 4.69) is 15.5 Å². The second-order valence-corrected chi connectivity index (χ2v) is 4.65. The average molecular weight is 289 g/mol. The summed E-state index contributed by atoms with van der Waals surface area (Å²) in [5, 5.41) is 5.59. The van der Waals surface area contributed by atoms with Gasteiger partial charge in [-0.15, -0.1) is 0 Å². The van der Waals surface area contributed by atoms with Gasteiger partial charge >= 0.3 is 5.97 Å². The Bertz CT molecular complexity index is 539. The first-order valence-electron chi connectivity index (χ1n) is 6.71. The third-order valence-corrected chi connectivity index (χ3v) is 2.93. The van der Waals surface area contributed by atoms with E-state index in [1.807, 2.05) is 24.3 Å². The fraction of sp³-hybridized carbons (Fsp3) is 0.357. The van der Waals surface area contributed by atoms with Crippen molar-refractivity contribution in [1.29, 1.82) is 0 Å². The van der Waals surface area contributed by atoms with Crippen molar-refractivity contribution in [2.75, 3.05) is 19.1 Å². The molecule has 21 heavy (non-hydrogen) atoms. The zero-order valence-electron chi connectivity index (χ0n) is 12.0. The Balaban J connectivity index is 1.93. The van der Waals surface area contributed by atoms with Crippen LogP contribution in [0.2, 0.25) is 0 Å². The molecule has 3 N–H and O–H groups in total. The Morgan fingerprint density at radius 2 is 2.19 bits per heavy atom. The summed E-state index contributed by atoms with van der Waals surface area (Å²) < 4.78 is 4.92. The molecule has 1 aliphatic rings. The number of anilines is 1. The predicted octanol–water partition coefficient (Wildman–Crippen LogP) is 1.13. The molecule has 1 fully saturated rings. The van der Waals surface area contributed by atoms with Gasteiger partial charge in [0, 0.05) is 13.5 Å². The van der Waals surface area contributed by atoms with Crippen molar-refractivity contribution in [2.24, 2.45) is 15.9 Å². The number of rotatable bonds is 5. The van der Waals surface area contributed by atoms with Crippen molar-refractivity contribution in [2.45, 2.75) is 19.4 Å².